The highest BCUT2D eigenvalue weighted by Gasteiger charge is 2.21. The maximum Gasteiger partial charge on any atom is 0.257 e. The number of amides is 1. The van der Waals surface area contributed by atoms with Gasteiger partial charge in [-0.3, -0.25) is 4.79 Å². The minimum atomic E-state index is -0.174. The zero-order valence-electron chi connectivity index (χ0n) is 14.0. The van der Waals surface area contributed by atoms with Gasteiger partial charge in [-0.1, -0.05) is 30.7 Å². The standard InChI is InChI=1S/C19H19ClN4O/c1-12-5-6-17-14(7-12)10-21-18-16(11-23-24(17)18)19(25)22-9-13-3-2-4-15(20)8-13/h2-4,8,10-12H,5-7,9H2,1H3,(H,22,25)/t12-/m1/s1. The van der Waals surface area contributed by atoms with E-state index >= 15 is 0 Å². The lowest BCUT2D eigenvalue weighted by Crippen LogP contribution is -2.23. The summed E-state index contributed by atoms with van der Waals surface area (Å²) in [6.07, 6.45) is 6.64. The lowest BCUT2D eigenvalue weighted by Gasteiger charge is -2.21. The number of carbonyl (C=O) groups is 1. The maximum absolute atomic E-state index is 12.6. The summed E-state index contributed by atoms with van der Waals surface area (Å²) < 4.78 is 1.83. The van der Waals surface area contributed by atoms with Crippen molar-refractivity contribution in [1.82, 2.24) is 19.9 Å². The summed E-state index contributed by atoms with van der Waals surface area (Å²) in [5, 5.41) is 7.99. The molecular weight excluding hydrogens is 336 g/mol. The highest BCUT2D eigenvalue weighted by atomic mass is 35.5. The molecule has 4 rings (SSSR count). The van der Waals surface area contributed by atoms with E-state index in [9.17, 15) is 4.79 Å². The predicted octanol–water partition coefficient (Wildman–Crippen LogP) is 3.44. The number of nitrogens with zero attached hydrogens (tertiary/aromatic N) is 3. The van der Waals surface area contributed by atoms with E-state index in [0.717, 1.165) is 24.8 Å². The van der Waals surface area contributed by atoms with Crippen LogP contribution in [-0.4, -0.2) is 20.5 Å². The summed E-state index contributed by atoms with van der Waals surface area (Å²) in [7, 11) is 0. The van der Waals surface area contributed by atoms with Crippen LogP contribution in [0.5, 0.6) is 0 Å². The lowest BCUT2D eigenvalue weighted by atomic mass is 9.89. The molecular formula is C19H19ClN4O. The highest BCUT2D eigenvalue weighted by Crippen LogP contribution is 2.25. The van der Waals surface area contributed by atoms with Crippen LogP contribution in [0, 0.1) is 5.92 Å². The average Bonchev–Trinajstić information content (AvgIpc) is 3.04. The van der Waals surface area contributed by atoms with Crippen molar-refractivity contribution in [1.29, 1.82) is 0 Å². The van der Waals surface area contributed by atoms with Crippen LogP contribution >= 0.6 is 11.6 Å². The number of hydrogen-bond acceptors (Lipinski definition) is 3. The van der Waals surface area contributed by atoms with Gasteiger partial charge in [0.15, 0.2) is 5.65 Å². The van der Waals surface area contributed by atoms with Crippen LogP contribution in [0.4, 0.5) is 0 Å². The minimum absolute atomic E-state index is 0.174. The van der Waals surface area contributed by atoms with Crippen molar-refractivity contribution in [3.8, 4) is 0 Å². The minimum Gasteiger partial charge on any atom is -0.348 e. The molecule has 1 N–H and O–H groups in total. The van der Waals surface area contributed by atoms with Crippen molar-refractivity contribution in [2.75, 3.05) is 0 Å². The molecule has 1 atom stereocenters. The molecule has 0 unspecified atom stereocenters. The third-order valence-electron chi connectivity index (χ3n) is 4.74. The molecule has 128 valence electrons. The van der Waals surface area contributed by atoms with Gasteiger partial charge in [0.2, 0.25) is 0 Å². The Morgan fingerprint density at radius 3 is 3.12 bits per heavy atom. The van der Waals surface area contributed by atoms with E-state index in [-0.39, 0.29) is 5.91 Å². The summed E-state index contributed by atoms with van der Waals surface area (Å²) in [4.78, 5) is 17.1. The Morgan fingerprint density at radius 1 is 1.40 bits per heavy atom. The molecule has 0 radical (unpaired) electrons. The van der Waals surface area contributed by atoms with Crippen molar-refractivity contribution >= 4 is 23.2 Å². The van der Waals surface area contributed by atoms with E-state index in [1.54, 1.807) is 6.20 Å². The van der Waals surface area contributed by atoms with Gasteiger partial charge in [-0.25, -0.2) is 9.50 Å². The second-order valence-corrected chi connectivity index (χ2v) is 7.12. The van der Waals surface area contributed by atoms with E-state index in [0.29, 0.717) is 28.7 Å². The monoisotopic (exact) mass is 354 g/mol. The first-order chi connectivity index (χ1) is 12.1. The molecule has 0 fully saturated rings. The molecule has 1 aliphatic rings. The van der Waals surface area contributed by atoms with Gasteiger partial charge in [-0.05, 0) is 48.4 Å². The maximum atomic E-state index is 12.6. The molecule has 1 aliphatic carbocycles. The molecule has 6 heteroatoms. The van der Waals surface area contributed by atoms with Gasteiger partial charge < -0.3 is 5.32 Å². The molecule has 3 aromatic rings. The summed E-state index contributed by atoms with van der Waals surface area (Å²) >= 11 is 5.98. The number of aryl methyl sites for hydroxylation is 1. The fraction of sp³-hybridized carbons (Fsp3) is 0.316. The van der Waals surface area contributed by atoms with Crippen molar-refractivity contribution in [2.45, 2.75) is 32.7 Å². The van der Waals surface area contributed by atoms with Crippen LogP contribution in [0.1, 0.15) is 40.5 Å². The summed E-state index contributed by atoms with van der Waals surface area (Å²) in [6.45, 7) is 2.67. The largest absolute Gasteiger partial charge is 0.348 e. The average molecular weight is 355 g/mol. The first kappa shape index (κ1) is 16.1. The zero-order valence-corrected chi connectivity index (χ0v) is 14.8. The van der Waals surface area contributed by atoms with Crippen LogP contribution in [0.3, 0.4) is 0 Å². The van der Waals surface area contributed by atoms with Gasteiger partial charge in [0, 0.05) is 23.5 Å². The van der Waals surface area contributed by atoms with Crippen LogP contribution in [0.2, 0.25) is 5.02 Å². The van der Waals surface area contributed by atoms with Gasteiger partial charge in [0.25, 0.3) is 5.91 Å². The second kappa shape index (κ2) is 6.48. The van der Waals surface area contributed by atoms with Crippen molar-refractivity contribution < 1.29 is 4.79 Å². The Labute approximate surface area is 151 Å². The van der Waals surface area contributed by atoms with E-state index in [1.807, 2.05) is 35.0 Å². The smallest absolute Gasteiger partial charge is 0.257 e. The van der Waals surface area contributed by atoms with Gasteiger partial charge in [-0.15, -0.1) is 0 Å². The normalized spacial score (nSPS) is 16.6. The first-order valence-electron chi connectivity index (χ1n) is 8.49. The summed E-state index contributed by atoms with van der Waals surface area (Å²) in [6, 6.07) is 7.45. The lowest BCUT2D eigenvalue weighted by molar-refractivity contribution is 0.0952. The zero-order chi connectivity index (χ0) is 17.4. The Hall–Kier alpha value is -2.40. The van der Waals surface area contributed by atoms with Crippen LogP contribution in [0.25, 0.3) is 5.65 Å². The number of fused-ring (bicyclic) bond motifs is 3. The number of benzene rings is 1. The Kier molecular flexibility index (Phi) is 4.17. The molecule has 5 nitrogen and oxygen atoms in total. The Balaban J connectivity index is 1.58. The van der Waals surface area contributed by atoms with Crippen molar-refractivity contribution in [3.63, 3.8) is 0 Å². The van der Waals surface area contributed by atoms with Gasteiger partial charge in [0.05, 0.1) is 6.20 Å². The molecule has 2 heterocycles. The van der Waals surface area contributed by atoms with Crippen molar-refractivity contribution in [3.05, 3.63) is 64.1 Å². The molecule has 1 aromatic carbocycles. The van der Waals surface area contributed by atoms with Crippen LogP contribution in [0.15, 0.2) is 36.7 Å². The number of halogens is 1. The molecule has 0 spiro atoms. The molecule has 0 saturated carbocycles. The highest BCUT2D eigenvalue weighted by molar-refractivity contribution is 6.30. The predicted molar refractivity (Wildman–Crippen MR) is 96.8 cm³/mol. The Morgan fingerprint density at radius 2 is 2.28 bits per heavy atom. The topological polar surface area (TPSA) is 59.3 Å². The van der Waals surface area contributed by atoms with Gasteiger partial charge in [-0.2, -0.15) is 5.10 Å². The fourth-order valence-electron chi connectivity index (χ4n) is 3.40. The van der Waals surface area contributed by atoms with Gasteiger partial charge in [0.1, 0.15) is 5.56 Å². The summed E-state index contributed by atoms with van der Waals surface area (Å²) in [5.41, 5.74) is 4.49. The van der Waals surface area contributed by atoms with Crippen LogP contribution < -0.4 is 5.32 Å². The van der Waals surface area contributed by atoms with Crippen molar-refractivity contribution in [2.24, 2.45) is 5.92 Å². The quantitative estimate of drug-likeness (QED) is 0.783. The molecule has 2 aromatic heterocycles. The number of hydrogen-bond donors (Lipinski definition) is 1. The van der Waals surface area contributed by atoms with E-state index in [1.165, 1.54) is 11.3 Å². The van der Waals surface area contributed by atoms with E-state index in [2.05, 4.69) is 22.3 Å². The first-order valence-corrected chi connectivity index (χ1v) is 8.87. The van der Waals surface area contributed by atoms with E-state index in [4.69, 9.17) is 11.6 Å². The number of aromatic nitrogens is 3. The third-order valence-corrected chi connectivity index (χ3v) is 4.98. The molecule has 0 bridgehead atoms. The molecule has 0 aliphatic heterocycles. The SMILES string of the molecule is C[C@@H]1CCc2c(cnc3c(C(=O)NCc4cccc(Cl)c4)cnn23)C1. The second-order valence-electron chi connectivity index (χ2n) is 6.68. The molecule has 0 saturated heterocycles. The van der Waals surface area contributed by atoms with E-state index < -0.39 is 0 Å². The summed E-state index contributed by atoms with van der Waals surface area (Å²) in [5.74, 6) is 0.495. The van der Waals surface area contributed by atoms with Gasteiger partial charge >= 0.3 is 0 Å². The molecule has 1 amide bonds. The number of carbonyl (C=O) groups excluding carboxylic acids is 1. The third kappa shape index (κ3) is 3.12. The Bertz CT molecular complexity index is 950. The van der Waals surface area contributed by atoms with Crippen LogP contribution in [-0.2, 0) is 19.4 Å². The molecule has 25 heavy (non-hydrogen) atoms. The number of rotatable bonds is 3. The fourth-order valence-corrected chi connectivity index (χ4v) is 3.61. The number of nitrogens with one attached hydrogen (secondary N) is 1.